The smallest absolute Gasteiger partial charge is 0.0496 e. The molecule has 0 saturated carbocycles. The molecule has 0 aliphatic carbocycles. The van der Waals surface area contributed by atoms with Gasteiger partial charge in [0.15, 0.2) is 0 Å². The van der Waals surface area contributed by atoms with E-state index >= 15 is 0 Å². The zero-order valence-electron chi connectivity index (χ0n) is 11.0. The Morgan fingerprint density at radius 1 is 1.00 bits per heavy atom. The van der Waals surface area contributed by atoms with Crippen molar-refractivity contribution in [2.45, 2.75) is 26.8 Å². The van der Waals surface area contributed by atoms with Gasteiger partial charge in [0.2, 0.25) is 0 Å². The Balaban J connectivity index is 2.19. The van der Waals surface area contributed by atoms with Crippen LogP contribution in [0.3, 0.4) is 0 Å². The van der Waals surface area contributed by atoms with E-state index in [0.717, 1.165) is 4.47 Å². The summed E-state index contributed by atoms with van der Waals surface area (Å²) >= 11 is 3.60. The fourth-order valence-electron chi connectivity index (χ4n) is 1.99. The first-order valence-corrected chi connectivity index (χ1v) is 6.95. The van der Waals surface area contributed by atoms with Gasteiger partial charge in [-0.2, -0.15) is 0 Å². The fourth-order valence-corrected chi connectivity index (χ4v) is 2.61. The number of rotatable bonds is 3. The van der Waals surface area contributed by atoms with Crippen molar-refractivity contribution in [3.63, 3.8) is 0 Å². The Morgan fingerprint density at radius 2 is 1.72 bits per heavy atom. The Morgan fingerprint density at radius 3 is 2.39 bits per heavy atom. The molecular weight excluding hydrogens is 286 g/mol. The van der Waals surface area contributed by atoms with E-state index in [2.05, 4.69) is 78.4 Å². The Labute approximate surface area is 117 Å². The summed E-state index contributed by atoms with van der Waals surface area (Å²) in [6.45, 7) is 6.45. The fraction of sp³-hybridized carbons (Fsp3) is 0.250. The summed E-state index contributed by atoms with van der Waals surface area (Å²) in [4.78, 5) is 0. The number of hydrogen-bond donors (Lipinski definition) is 1. The van der Waals surface area contributed by atoms with E-state index in [0.29, 0.717) is 0 Å². The third kappa shape index (κ3) is 2.94. The number of hydrogen-bond acceptors (Lipinski definition) is 1. The van der Waals surface area contributed by atoms with Crippen molar-refractivity contribution in [2.75, 3.05) is 5.32 Å². The molecule has 0 radical (unpaired) electrons. The minimum absolute atomic E-state index is 0.280. The SMILES string of the molecule is Cc1ccc(NC(C)c2ccccc2Br)cc1C. The zero-order chi connectivity index (χ0) is 13.1. The van der Waals surface area contributed by atoms with Gasteiger partial charge in [-0.1, -0.05) is 40.2 Å². The highest BCUT2D eigenvalue weighted by molar-refractivity contribution is 9.10. The van der Waals surface area contributed by atoms with Gasteiger partial charge in [0.05, 0.1) is 0 Å². The van der Waals surface area contributed by atoms with Crippen molar-refractivity contribution < 1.29 is 0 Å². The van der Waals surface area contributed by atoms with Crippen LogP contribution < -0.4 is 5.32 Å². The molecule has 0 aromatic heterocycles. The number of benzene rings is 2. The quantitative estimate of drug-likeness (QED) is 0.817. The highest BCUT2D eigenvalue weighted by Gasteiger charge is 2.08. The van der Waals surface area contributed by atoms with Crippen LogP contribution in [0.25, 0.3) is 0 Å². The van der Waals surface area contributed by atoms with Gasteiger partial charge in [-0.25, -0.2) is 0 Å². The molecule has 0 bridgehead atoms. The lowest BCUT2D eigenvalue weighted by Gasteiger charge is -2.18. The highest BCUT2D eigenvalue weighted by atomic mass is 79.9. The lowest BCUT2D eigenvalue weighted by Crippen LogP contribution is -2.07. The molecule has 2 rings (SSSR count). The van der Waals surface area contributed by atoms with Gasteiger partial charge in [0.25, 0.3) is 0 Å². The van der Waals surface area contributed by atoms with Crippen molar-refractivity contribution in [1.29, 1.82) is 0 Å². The Kier molecular flexibility index (Phi) is 4.07. The summed E-state index contributed by atoms with van der Waals surface area (Å²) in [5.41, 5.74) is 5.09. The van der Waals surface area contributed by atoms with Gasteiger partial charge in [-0.3, -0.25) is 0 Å². The summed E-state index contributed by atoms with van der Waals surface area (Å²) < 4.78 is 1.15. The molecule has 0 fully saturated rings. The van der Waals surface area contributed by atoms with E-state index < -0.39 is 0 Å². The summed E-state index contributed by atoms with van der Waals surface area (Å²) in [7, 11) is 0. The van der Waals surface area contributed by atoms with Gasteiger partial charge < -0.3 is 5.32 Å². The van der Waals surface area contributed by atoms with Crippen LogP contribution in [0.1, 0.15) is 29.7 Å². The van der Waals surface area contributed by atoms with Crippen molar-refractivity contribution in [3.8, 4) is 0 Å². The molecule has 0 amide bonds. The Hall–Kier alpha value is -1.28. The number of aryl methyl sites for hydroxylation is 2. The van der Waals surface area contributed by atoms with Crippen LogP contribution in [0, 0.1) is 13.8 Å². The molecule has 0 aliphatic rings. The van der Waals surface area contributed by atoms with E-state index in [-0.39, 0.29) is 6.04 Å². The molecule has 1 unspecified atom stereocenters. The lowest BCUT2D eigenvalue weighted by molar-refractivity contribution is 0.878. The third-order valence-electron chi connectivity index (χ3n) is 3.26. The monoisotopic (exact) mass is 303 g/mol. The maximum absolute atomic E-state index is 3.60. The standard InChI is InChI=1S/C16H18BrN/c1-11-8-9-14(10-12(11)2)18-13(3)15-6-4-5-7-16(15)17/h4-10,13,18H,1-3H3. The molecule has 0 heterocycles. The van der Waals surface area contributed by atoms with Gasteiger partial charge >= 0.3 is 0 Å². The van der Waals surface area contributed by atoms with Gasteiger partial charge in [0, 0.05) is 16.2 Å². The van der Waals surface area contributed by atoms with Gasteiger partial charge in [-0.05, 0) is 55.7 Å². The van der Waals surface area contributed by atoms with Gasteiger partial charge in [-0.15, -0.1) is 0 Å². The van der Waals surface area contributed by atoms with Crippen LogP contribution in [-0.4, -0.2) is 0 Å². The highest BCUT2D eigenvalue weighted by Crippen LogP contribution is 2.26. The van der Waals surface area contributed by atoms with Crippen LogP contribution in [0.4, 0.5) is 5.69 Å². The van der Waals surface area contributed by atoms with Crippen molar-refractivity contribution in [3.05, 3.63) is 63.6 Å². The molecule has 1 atom stereocenters. The van der Waals surface area contributed by atoms with Crippen molar-refractivity contribution in [1.82, 2.24) is 0 Å². The van der Waals surface area contributed by atoms with Crippen LogP contribution in [0.2, 0.25) is 0 Å². The van der Waals surface area contributed by atoms with Gasteiger partial charge in [0.1, 0.15) is 0 Å². The summed E-state index contributed by atoms with van der Waals surface area (Å²) in [6.07, 6.45) is 0. The first-order chi connectivity index (χ1) is 8.58. The lowest BCUT2D eigenvalue weighted by atomic mass is 10.1. The number of halogens is 1. The minimum atomic E-state index is 0.280. The van der Waals surface area contributed by atoms with E-state index in [1.54, 1.807) is 0 Å². The molecule has 2 aromatic carbocycles. The van der Waals surface area contributed by atoms with E-state index in [1.807, 2.05) is 6.07 Å². The second kappa shape index (κ2) is 5.57. The molecule has 2 heteroatoms. The molecule has 1 N–H and O–H groups in total. The average molecular weight is 304 g/mol. The second-order valence-electron chi connectivity index (χ2n) is 4.69. The predicted octanol–water partition coefficient (Wildman–Crippen LogP) is 5.24. The van der Waals surface area contributed by atoms with Crippen molar-refractivity contribution >= 4 is 21.6 Å². The number of anilines is 1. The third-order valence-corrected chi connectivity index (χ3v) is 3.98. The summed E-state index contributed by atoms with van der Waals surface area (Å²) in [6, 6.07) is 15.1. The van der Waals surface area contributed by atoms with E-state index in [1.165, 1.54) is 22.4 Å². The molecule has 0 saturated heterocycles. The molecule has 1 nitrogen and oxygen atoms in total. The maximum atomic E-state index is 3.60. The van der Waals surface area contributed by atoms with Crippen LogP contribution in [-0.2, 0) is 0 Å². The normalized spacial score (nSPS) is 12.2. The molecule has 0 aliphatic heterocycles. The number of nitrogens with one attached hydrogen (secondary N) is 1. The summed E-state index contributed by atoms with van der Waals surface area (Å²) in [5.74, 6) is 0. The zero-order valence-corrected chi connectivity index (χ0v) is 12.6. The van der Waals surface area contributed by atoms with Crippen LogP contribution in [0.15, 0.2) is 46.9 Å². The molecule has 18 heavy (non-hydrogen) atoms. The first-order valence-electron chi connectivity index (χ1n) is 6.16. The largest absolute Gasteiger partial charge is 0.378 e. The molecule has 94 valence electrons. The van der Waals surface area contributed by atoms with Crippen molar-refractivity contribution in [2.24, 2.45) is 0 Å². The maximum Gasteiger partial charge on any atom is 0.0496 e. The molecular formula is C16H18BrN. The predicted molar refractivity (Wildman–Crippen MR) is 82.1 cm³/mol. The van der Waals surface area contributed by atoms with E-state index in [9.17, 15) is 0 Å². The average Bonchev–Trinajstić information content (AvgIpc) is 2.34. The molecule has 2 aromatic rings. The summed E-state index contributed by atoms with van der Waals surface area (Å²) in [5, 5.41) is 3.54. The molecule has 0 spiro atoms. The van der Waals surface area contributed by atoms with Crippen LogP contribution in [0.5, 0.6) is 0 Å². The first kappa shape index (κ1) is 13.2. The van der Waals surface area contributed by atoms with Crippen LogP contribution >= 0.6 is 15.9 Å². The minimum Gasteiger partial charge on any atom is -0.378 e. The second-order valence-corrected chi connectivity index (χ2v) is 5.54. The Bertz CT molecular complexity index is 549. The van der Waals surface area contributed by atoms with E-state index in [4.69, 9.17) is 0 Å². The topological polar surface area (TPSA) is 12.0 Å².